The van der Waals surface area contributed by atoms with Crippen molar-refractivity contribution in [1.82, 2.24) is 0 Å². The first-order chi connectivity index (χ1) is 22.9. The third-order valence-electron chi connectivity index (χ3n) is 9.56. The highest BCUT2D eigenvalue weighted by Gasteiger charge is 2.52. The number of rotatable bonds is 12. The molecule has 0 bridgehead atoms. The summed E-state index contributed by atoms with van der Waals surface area (Å²) in [5.74, 6) is -1.78. The van der Waals surface area contributed by atoms with Gasteiger partial charge in [0.2, 0.25) is 5.75 Å². The van der Waals surface area contributed by atoms with Crippen LogP contribution >= 0.6 is 0 Å². The predicted octanol–water partition coefficient (Wildman–Crippen LogP) is -1.72. The van der Waals surface area contributed by atoms with Gasteiger partial charge in [-0.2, -0.15) is 0 Å². The first-order valence-electron chi connectivity index (χ1n) is 15.8. The zero-order valence-electron chi connectivity index (χ0n) is 27.9. The van der Waals surface area contributed by atoms with E-state index in [9.17, 15) is 50.8 Å². The van der Waals surface area contributed by atoms with E-state index in [-0.39, 0.29) is 28.7 Å². The van der Waals surface area contributed by atoms with E-state index in [0.717, 1.165) is 6.08 Å². The van der Waals surface area contributed by atoms with E-state index in [4.69, 9.17) is 33.2 Å². The highest BCUT2D eigenvalue weighted by Crippen LogP contribution is 2.48. The number of aromatic hydroxyl groups is 1. The average molecular weight is 705 g/mol. The van der Waals surface area contributed by atoms with Gasteiger partial charge in [0, 0.05) is 0 Å². The monoisotopic (exact) mass is 704 g/mol. The molecule has 2 saturated heterocycles. The number of aliphatic hydroxyl groups excluding tert-OH is 6. The third kappa shape index (κ3) is 8.14. The second-order valence-electron chi connectivity index (χ2n) is 13.5. The van der Waals surface area contributed by atoms with Crippen molar-refractivity contribution in [1.29, 1.82) is 0 Å². The zero-order chi connectivity index (χ0) is 36.5. The molecular formula is C32H48O17. The topological polar surface area (TPSA) is 264 Å². The van der Waals surface area contributed by atoms with Crippen molar-refractivity contribution in [3.8, 4) is 17.2 Å². The molecule has 2 aliphatic heterocycles. The fraction of sp³-hybridized carbons (Fsp3) is 0.719. The summed E-state index contributed by atoms with van der Waals surface area (Å²) < 4.78 is 37.0. The van der Waals surface area contributed by atoms with Gasteiger partial charge in [-0.15, -0.1) is 0 Å². The molecule has 12 atom stereocenters. The van der Waals surface area contributed by atoms with Crippen molar-refractivity contribution in [2.24, 2.45) is 11.3 Å². The quantitative estimate of drug-likeness (QED) is 0.0665. The van der Waals surface area contributed by atoms with Crippen molar-refractivity contribution >= 4 is 5.97 Å². The Bertz CT molecular complexity index is 1300. The second kappa shape index (κ2) is 15.3. The van der Waals surface area contributed by atoms with Crippen molar-refractivity contribution in [3.05, 3.63) is 29.8 Å². The van der Waals surface area contributed by atoms with Gasteiger partial charge in [-0.05, 0) is 42.4 Å². The molecule has 3 aliphatic rings. The molecule has 0 spiro atoms. The minimum atomic E-state index is -2.12. The molecule has 1 aliphatic carbocycles. The Morgan fingerprint density at radius 1 is 1.02 bits per heavy atom. The minimum Gasteiger partial charge on any atom is -0.502 e. The van der Waals surface area contributed by atoms with E-state index in [0.29, 0.717) is 12.8 Å². The molecule has 3 fully saturated rings. The number of aliphatic hydroxyl groups is 8. The number of ether oxygens (including phenoxy) is 7. The van der Waals surface area contributed by atoms with Crippen molar-refractivity contribution in [2.75, 3.05) is 34.0 Å². The molecule has 0 unspecified atom stereocenters. The molecule has 4 rings (SSSR count). The van der Waals surface area contributed by atoms with Crippen LogP contribution in [-0.4, -0.2) is 153 Å². The van der Waals surface area contributed by atoms with Gasteiger partial charge in [-0.1, -0.05) is 26.8 Å². The lowest BCUT2D eigenvalue weighted by Crippen LogP contribution is -2.60. The summed E-state index contributed by atoms with van der Waals surface area (Å²) in [6, 6.07) is 2.38. The molecule has 0 aromatic heterocycles. The fourth-order valence-electron chi connectivity index (χ4n) is 6.46. The zero-order valence-corrected chi connectivity index (χ0v) is 27.9. The number of phenols is 1. The molecule has 49 heavy (non-hydrogen) atoms. The Morgan fingerprint density at radius 3 is 2.24 bits per heavy atom. The van der Waals surface area contributed by atoms with Crippen LogP contribution in [0.4, 0.5) is 0 Å². The summed E-state index contributed by atoms with van der Waals surface area (Å²) in [6.45, 7) is 3.50. The summed E-state index contributed by atoms with van der Waals surface area (Å²) in [4.78, 5) is 12.7. The van der Waals surface area contributed by atoms with Gasteiger partial charge in [0.05, 0.1) is 44.7 Å². The predicted molar refractivity (Wildman–Crippen MR) is 164 cm³/mol. The van der Waals surface area contributed by atoms with E-state index in [1.165, 1.54) is 32.4 Å². The van der Waals surface area contributed by atoms with Crippen LogP contribution in [0.2, 0.25) is 0 Å². The van der Waals surface area contributed by atoms with E-state index in [2.05, 4.69) is 0 Å². The van der Waals surface area contributed by atoms with Crippen LogP contribution in [0.15, 0.2) is 24.3 Å². The number of methoxy groups -OCH3 is 2. The van der Waals surface area contributed by atoms with Crippen LogP contribution in [0, 0.1) is 11.3 Å². The number of hydrogen-bond donors (Lipinski definition) is 9. The molecule has 1 aromatic rings. The van der Waals surface area contributed by atoms with Gasteiger partial charge in [-0.25, -0.2) is 4.79 Å². The summed E-state index contributed by atoms with van der Waals surface area (Å²) in [5, 5.41) is 95.3. The lowest BCUT2D eigenvalue weighted by atomic mass is 9.60. The van der Waals surface area contributed by atoms with Gasteiger partial charge in [0.25, 0.3) is 0 Å². The first kappa shape index (κ1) is 39.1. The van der Waals surface area contributed by atoms with Crippen molar-refractivity contribution < 1.29 is 83.9 Å². The Hall–Kier alpha value is -2.65. The van der Waals surface area contributed by atoms with Crippen LogP contribution in [-0.2, 0) is 23.7 Å². The summed E-state index contributed by atoms with van der Waals surface area (Å²) in [5.41, 5.74) is -4.37. The van der Waals surface area contributed by atoms with E-state index in [1.807, 2.05) is 0 Å². The van der Waals surface area contributed by atoms with Gasteiger partial charge in [0.1, 0.15) is 37.1 Å². The molecule has 278 valence electrons. The highest BCUT2D eigenvalue weighted by molar-refractivity contribution is 5.91. The highest BCUT2D eigenvalue weighted by atomic mass is 16.8. The molecule has 2 heterocycles. The van der Waals surface area contributed by atoms with Crippen LogP contribution in [0.1, 0.15) is 44.0 Å². The molecule has 0 radical (unpaired) electrons. The SMILES string of the molecule is COc1cc(C(=O)OC[C@@]2(O)CO[C@@H](OC[C@H]3O[C@@H](O[C@@H](O)/C=C/[C@@]4(O)[C@H](C)C[C@H](O)CC4(C)C)[C@H](O)[C@@H](O)[C@@H]3O)[C@@H]2O)cc(OC)c1O. The Morgan fingerprint density at radius 2 is 1.65 bits per heavy atom. The third-order valence-corrected chi connectivity index (χ3v) is 9.56. The summed E-state index contributed by atoms with van der Waals surface area (Å²) in [6.07, 6.45) is -10.8. The molecule has 17 heteroatoms. The van der Waals surface area contributed by atoms with Crippen molar-refractivity contribution in [2.45, 2.75) is 100 Å². The molecular weight excluding hydrogens is 656 g/mol. The number of carbonyl (C=O) groups excluding carboxylic acids is 1. The first-order valence-corrected chi connectivity index (χ1v) is 15.8. The molecule has 17 nitrogen and oxygen atoms in total. The standard InChI is InChI=1S/C32H48O17/c1-15-8-17(33)11-30(2,3)32(15,42)7-6-21(34)49-28-25(38)24(37)23(36)20(48-28)12-45-29-26(39)31(41,14-47-29)13-46-27(40)16-9-18(43-4)22(35)19(10-16)44-5/h6-7,9-10,15,17,20-21,23-26,28-29,33-39,41-42H,8,11-14H2,1-5H3/b7-6+/t15-,17+,20-,21-,23-,24+,25-,26+,28+,29-,31-,32-/m1/s1. The molecule has 1 saturated carbocycles. The fourth-order valence-corrected chi connectivity index (χ4v) is 6.46. The maximum Gasteiger partial charge on any atom is 0.338 e. The average Bonchev–Trinajstić information content (AvgIpc) is 3.33. The number of phenolic OH excluding ortho intramolecular Hbond substituents is 1. The molecule has 9 N–H and O–H groups in total. The van der Waals surface area contributed by atoms with Gasteiger partial charge in [-0.3, -0.25) is 0 Å². The molecule has 0 amide bonds. The van der Waals surface area contributed by atoms with Gasteiger partial charge < -0.3 is 79.1 Å². The number of hydrogen-bond acceptors (Lipinski definition) is 17. The maximum atomic E-state index is 12.7. The minimum absolute atomic E-state index is 0.0655. The van der Waals surface area contributed by atoms with Gasteiger partial charge >= 0.3 is 5.97 Å². The van der Waals surface area contributed by atoms with Crippen LogP contribution in [0.25, 0.3) is 0 Å². The number of esters is 1. The summed E-state index contributed by atoms with van der Waals surface area (Å²) in [7, 11) is 2.54. The molecule has 1 aromatic carbocycles. The Kier molecular flexibility index (Phi) is 12.2. The Labute approximate surface area is 282 Å². The van der Waals surface area contributed by atoms with Crippen LogP contribution in [0.3, 0.4) is 0 Å². The lowest BCUT2D eigenvalue weighted by molar-refractivity contribution is -0.330. The largest absolute Gasteiger partial charge is 0.502 e. The van der Waals surface area contributed by atoms with E-state index in [1.54, 1.807) is 20.8 Å². The number of carbonyl (C=O) groups is 1. The Balaban J connectivity index is 1.33. The van der Waals surface area contributed by atoms with Gasteiger partial charge in [0.15, 0.2) is 36.0 Å². The number of benzene rings is 1. The summed E-state index contributed by atoms with van der Waals surface area (Å²) >= 11 is 0. The van der Waals surface area contributed by atoms with E-state index < -0.39 is 97.9 Å². The van der Waals surface area contributed by atoms with Crippen LogP contribution in [0.5, 0.6) is 17.2 Å². The van der Waals surface area contributed by atoms with E-state index >= 15 is 0 Å². The smallest absolute Gasteiger partial charge is 0.338 e. The lowest BCUT2D eigenvalue weighted by Gasteiger charge is -2.50. The second-order valence-corrected chi connectivity index (χ2v) is 13.5. The van der Waals surface area contributed by atoms with Crippen LogP contribution < -0.4 is 9.47 Å². The van der Waals surface area contributed by atoms with Crippen molar-refractivity contribution in [3.63, 3.8) is 0 Å². The maximum absolute atomic E-state index is 12.7. The normalized spacial score (nSPS) is 38.3.